The molecule has 1 aromatic heterocycles. The van der Waals surface area contributed by atoms with Crippen molar-refractivity contribution >= 4 is 39.7 Å². The van der Waals surface area contributed by atoms with Crippen molar-refractivity contribution < 1.29 is 9.90 Å². The van der Waals surface area contributed by atoms with Crippen molar-refractivity contribution in [3.8, 4) is 0 Å². The van der Waals surface area contributed by atoms with Crippen LogP contribution in [0.3, 0.4) is 0 Å². The number of halogens is 1. The average Bonchev–Trinajstić information content (AvgIpc) is 2.92. The first-order valence-corrected chi connectivity index (χ1v) is 6.61. The number of thiazole rings is 1. The van der Waals surface area contributed by atoms with Gasteiger partial charge in [0.15, 0.2) is 15.2 Å². The van der Waals surface area contributed by atoms with Gasteiger partial charge in [0.25, 0.3) is 0 Å². The maximum Gasteiger partial charge on any atom is 0.349 e. The first-order chi connectivity index (χ1) is 8.66. The van der Waals surface area contributed by atoms with Crippen LogP contribution < -0.4 is 4.90 Å². The van der Waals surface area contributed by atoms with Gasteiger partial charge >= 0.3 is 5.97 Å². The lowest BCUT2D eigenvalue weighted by Crippen LogP contribution is -2.12. The van der Waals surface area contributed by atoms with Crippen LogP contribution in [0.4, 0.5) is 10.8 Å². The second kappa shape index (κ2) is 4.26. The molecule has 0 aliphatic carbocycles. The summed E-state index contributed by atoms with van der Waals surface area (Å²) in [5.41, 5.74) is 2.33. The van der Waals surface area contributed by atoms with Crippen LogP contribution in [0.1, 0.15) is 15.2 Å². The Bertz CT molecular complexity index is 626. The molecule has 0 bridgehead atoms. The Balaban J connectivity index is 2.03. The van der Waals surface area contributed by atoms with Crippen molar-refractivity contribution in [2.24, 2.45) is 0 Å². The van der Waals surface area contributed by atoms with Crippen LogP contribution in [0.2, 0.25) is 5.15 Å². The SMILES string of the molecule is O=C(O)c1sc(N2CCc3ccccc32)nc1Cl. The van der Waals surface area contributed by atoms with E-state index in [1.807, 2.05) is 23.1 Å². The Morgan fingerprint density at radius 1 is 1.44 bits per heavy atom. The summed E-state index contributed by atoms with van der Waals surface area (Å²) >= 11 is 6.95. The van der Waals surface area contributed by atoms with Crippen LogP contribution in [0, 0.1) is 0 Å². The van der Waals surface area contributed by atoms with Crippen molar-refractivity contribution in [2.75, 3.05) is 11.4 Å². The van der Waals surface area contributed by atoms with Crippen LogP contribution in [-0.4, -0.2) is 22.6 Å². The topological polar surface area (TPSA) is 53.4 Å². The third-order valence-corrected chi connectivity index (χ3v) is 4.34. The summed E-state index contributed by atoms with van der Waals surface area (Å²) in [6, 6.07) is 8.05. The van der Waals surface area contributed by atoms with Gasteiger partial charge in [-0.05, 0) is 18.1 Å². The number of carboxylic acids is 1. The van der Waals surface area contributed by atoms with Crippen LogP contribution in [-0.2, 0) is 6.42 Å². The van der Waals surface area contributed by atoms with E-state index in [0.29, 0.717) is 5.13 Å². The number of hydrogen-bond donors (Lipinski definition) is 1. The third kappa shape index (κ3) is 1.76. The van der Waals surface area contributed by atoms with Gasteiger partial charge in [-0.2, -0.15) is 0 Å². The summed E-state index contributed by atoms with van der Waals surface area (Å²) < 4.78 is 0. The van der Waals surface area contributed by atoms with Gasteiger partial charge in [0.05, 0.1) is 0 Å². The molecule has 0 spiro atoms. The Morgan fingerprint density at radius 3 is 2.94 bits per heavy atom. The molecule has 2 aromatic rings. The molecule has 0 radical (unpaired) electrons. The fraction of sp³-hybridized carbons (Fsp3) is 0.167. The number of carbonyl (C=O) groups is 1. The summed E-state index contributed by atoms with van der Waals surface area (Å²) in [7, 11) is 0. The Hall–Kier alpha value is -1.59. The monoisotopic (exact) mass is 280 g/mol. The standard InChI is InChI=1S/C12H9ClN2O2S/c13-10-9(11(16)17)18-12(14-10)15-6-5-7-3-1-2-4-8(7)15/h1-4H,5-6H2,(H,16,17). The van der Waals surface area contributed by atoms with E-state index in [4.69, 9.17) is 16.7 Å². The normalized spacial score (nSPS) is 13.7. The highest BCUT2D eigenvalue weighted by atomic mass is 35.5. The van der Waals surface area contributed by atoms with Gasteiger partial charge in [0, 0.05) is 12.2 Å². The molecule has 0 atom stereocenters. The van der Waals surface area contributed by atoms with E-state index in [2.05, 4.69) is 11.1 Å². The summed E-state index contributed by atoms with van der Waals surface area (Å²) in [6.45, 7) is 0.808. The number of carboxylic acid groups (broad SMARTS) is 1. The molecule has 1 aliphatic rings. The lowest BCUT2D eigenvalue weighted by Gasteiger charge is -2.15. The second-order valence-corrected chi connectivity index (χ2v) is 5.29. The number of rotatable bonds is 2. The number of anilines is 2. The molecular formula is C12H9ClN2O2S. The van der Waals surface area contributed by atoms with Gasteiger partial charge in [0.2, 0.25) is 0 Å². The number of hydrogen-bond acceptors (Lipinski definition) is 4. The summed E-state index contributed by atoms with van der Waals surface area (Å²) in [4.78, 5) is 17.2. The largest absolute Gasteiger partial charge is 0.477 e. The molecule has 0 amide bonds. The number of nitrogens with zero attached hydrogens (tertiary/aromatic N) is 2. The zero-order valence-electron chi connectivity index (χ0n) is 9.26. The molecule has 4 nitrogen and oxygen atoms in total. The van der Waals surface area contributed by atoms with Gasteiger partial charge in [-0.25, -0.2) is 9.78 Å². The first-order valence-electron chi connectivity index (χ1n) is 5.42. The van der Waals surface area contributed by atoms with E-state index in [-0.39, 0.29) is 10.0 Å². The van der Waals surface area contributed by atoms with Crippen LogP contribution in [0.5, 0.6) is 0 Å². The fourth-order valence-electron chi connectivity index (χ4n) is 2.08. The summed E-state index contributed by atoms with van der Waals surface area (Å²) in [6.07, 6.45) is 0.940. The fourth-order valence-corrected chi connectivity index (χ4v) is 3.24. The van der Waals surface area contributed by atoms with Gasteiger partial charge < -0.3 is 10.0 Å². The molecule has 1 aromatic carbocycles. The van der Waals surface area contributed by atoms with Crippen LogP contribution in [0.25, 0.3) is 0 Å². The second-order valence-electron chi connectivity index (χ2n) is 3.95. The molecule has 6 heteroatoms. The molecule has 2 heterocycles. The van der Waals surface area contributed by atoms with Gasteiger partial charge in [-0.3, -0.25) is 0 Å². The Morgan fingerprint density at radius 2 is 2.22 bits per heavy atom. The highest BCUT2D eigenvalue weighted by molar-refractivity contribution is 7.18. The van der Waals surface area contributed by atoms with Crippen LogP contribution >= 0.6 is 22.9 Å². The number of benzene rings is 1. The lowest BCUT2D eigenvalue weighted by molar-refractivity contribution is 0.0702. The smallest absolute Gasteiger partial charge is 0.349 e. The highest BCUT2D eigenvalue weighted by Crippen LogP contribution is 2.38. The molecule has 18 heavy (non-hydrogen) atoms. The van der Waals surface area contributed by atoms with E-state index in [1.54, 1.807) is 0 Å². The van der Waals surface area contributed by atoms with Crippen molar-refractivity contribution in [2.45, 2.75) is 6.42 Å². The zero-order chi connectivity index (χ0) is 12.7. The maximum atomic E-state index is 11.0. The number of aromatic nitrogens is 1. The van der Waals surface area contributed by atoms with E-state index >= 15 is 0 Å². The van der Waals surface area contributed by atoms with Gasteiger partial charge in [0.1, 0.15) is 0 Å². The van der Waals surface area contributed by atoms with Crippen molar-refractivity contribution in [1.29, 1.82) is 0 Å². The molecule has 0 fully saturated rings. The minimum absolute atomic E-state index is 0.0619. The van der Waals surface area contributed by atoms with E-state index in [0.717, 1.165) is 30.0 Å². The quantitative estimate of drug-likeness (QED) is 0.918. The maximum absolute atomic E-state index is 11.0. The van der Waals surface area contributed by atoms with Crippen LogP contribution in [0.15, 0.2) is 24.3 Å². The van der Waals surface area contributed by atoms with E-state index in [9.17, 15) is 4.79 Å². The van der Waals surface area contributed by atoms with Gasteiger partial charge in [-0.1, -0.05) is 41.1 Å². The molecule has 0 unspecified atom stereocenters. The molecule has 1 aliphatic heterocycles. The minimum Gasteiger partial charge on any atom is -0.477 e. The van der Waals surface area contributed by atoms with Crippen molar-refractivity contribution in [1.82, 2.24) is 4.98 Å². The average molecular weight is 281 g/mol. The minimum atomic E-state index is -1.03. The number of para-hydroxylation sites is 1. The predicted molar refractivity (Wildman–Crippen MR) is 71.2 cm³/mol. The molecule has 92 valence electrons. The highest BCUT2D eigenvalue weighted by Gasteiger charge is 2.25. The van der Waals surface area contributed by atoms with Gasteiger partial charge in [-0.15, -0.1) is 0 Å². The molecule has 3 rings (SSSR count). The molecule has 0 saturated heterocycles. The number of aromatic carboxylic acids is 1. The summed E-state index contributed by atoms with van der Waals surface area (Å²) in [5.74, 6) is -1.03. The first kappa shape index (κ1) is 11.5. The predicted octanol–water partition coefficient (Wildman–Crippen LogP) is 3.19. The molecular weight excluding hydrogens is 272 g/mol. The summed E-state index contributed by atoms with van der Waals surface area (Å²) in [5, 5.41) is 9.69. The Labute approximate surface area is 112 Å². The molecule has 0 saturated carbocycles. The molecule has 1 N–H and O–H groups in total. The Kier molecular flexibility index (Phi) is 2.72. The number of fused-ring (bicyclic) bond motifs is 1. The van der Waals surface area contributed by atoms with E-state index in [1.165, 1.54) is 5.56 Å². The third-order valence-electron chi connectivity index (χ3n) is 2.89. The van der Waals surface area contributed by atoms with E-state index < -0.39 is 5.97 Å². The van der Waals surface area contributed by atoms with Crippen molar-refractivity contribution in [3.05, 3.63) is 39.9 Å². The lowest BCUT2D eigenvalue weighted by atomic mass is 10.2. The zero-order valence-corrected chi connectivity index (χ0v) is 10.8. The van der Waals surface area contributed by atoms with Crippen molar-refractivity contribution in [3.63, 3.8) is 0 Å².